The quantitative estimate of drug-likeness (QED) is 0.797. The van der Waals surface area contributed by atoms with Crippen LogP contribution in [0.15, 0.2) is 30.3 Å². The van der Waals surface area contributed by atoms with Crippen LogP contribution in [0, 0.1) is 0 Å². The lowest BCUT2D eigenvalue weighted by Crippen LogP contribution is -2.37. The van der Waals surface area contributed by atoms with Crippen LogP contribution in [0.3, 0.4) is 0 Å². The summed E-state index contributed by atoms with van der Waals surface area (Å²) in [6.45, 7) is 0. The first kappa shape index (κ1) is 13.7. The Balaban J connectivity index is 2.02. The van der Waals surface area contributed by atoms with E-state index in [1.165, 1.54) is 0 Å². The fraction of sp³-hybridized carbons (Fsp3) is 0.333. The molecular formula is C15H15ClN2OS. The van der Waals surface area contributed by atoms with Gasteiger partial charge in [-0.3, -0.25) is 4.79 Å². The third-order valence-electron chi connectivity index (χ3n) is 3.69. The molecule has 1 amide bonds. The third kappa shape index (κ3) is 2.50. The van der Waals surface area contributed by atoms with Gasteiger partial charge >= 0.3 is 0 Å². The first-order valence-corrected chi connectivity index (χ1v) is 8.10. The molecule has 2 aromatic rings. The monoisotopic (exact) mass is 306 g/mol. The Morgan fingerprint density at radius 3 is 3.00 bits per heavy atom. The maximum Gasteiger partial charge on any atom is 0.254 e. The molecule has 0 saturated carbocycles. The average molecular weight is 307 g/mol. The van der Waals surface area contributed by atoms with Gasteiger partial charge in [0.15, 0.2) is 0 Å². The fourth-order valence-corrected chi connectivity index (χ4v) is 3.97. The molecule has 0 N–H and O–H groups in total. The van der Waals surface area contributed by atoms with E-state index in [-0.39, 0.29) is 5.91 Å². The van der Waals surface area contributed by atoms with Crippen molar-refractivity contribution in [1.82, 2.24) is 9.88 Å². The summed E-state index contributed by atoms with van der Waals surface area (Å²) in [5, 5.41) is 1.22. The van der Waals surface area contributed by atoms with Crippen LogP contribution < -0.4 is 0 Å². The molecule has 0 spiro atoms. The van der Waals surface area contributed by atoms with E-state index < -0.39 is 0 Å². The second-order valence-corrected chi connectivity index (χ2v) is 6.48. The van der Waals surface area contributed by atoms with Gasteiger partial charge < -0.3 is 4.90 Å². The highest BCUT2D eigenvalue weighted by Gasteiger charge is 2.26. The molecule has 0 aliphatic carbocycles. The molecule has 1 atom stereocenters. The van der Waals surface area contributed by atoms with Crippen LogP contribution in [0.2, 0.25) is 5.15 Å². The molecule has 1 aliphatic heterocycles. The minimum atomic E-state index is 0.0259. The van der Waals surface area contributed by atoms with E-state index in [2.05, 4.69) is 4.98 Å². The van der Waals surface area contributed by atoms with Crippen molar-refractivity contribution < 1.29 is 4.79 Å². The molecule has 1 fully saturated rings. The normalized spacial score (nSPS) is 18.4. The number of hydrogen-bond donors (Lipinski definition) is 0. The summed E-state index contributed by atoms with van der Waals surface area (Å²) in [7, 11) is 1.88. The topological polar surface area (TPSA) is 33.2 Å². The number of thioether (sulfide) groups is 1. The molecule has 0 bridgehead atoms. The van der Waals surface area contributed by atoms with E-state index in [0.717, 1.165) is 28.8 Å². The predicted molar refractivity (Wildman–Crippen MR) is 84.6 cm³/mol. The first-order chi connectivity index (χ1) is 9.66. The molecule has 1 aromatic carbocycles. The molecule has 1 unspecified atom stereocenters. The highest BCUT2D eigenvalue weighted by molar-refractivity contribution is 7.99. The Morgan fingerprint density at radius 2 is 2.25 bits per heavy atom. The average Bonchev–Trinajstić information content (AvgIpc) is 2.99. The van der Waals surface area contributed by atoms with Crippen LogP contribution in [-0.2, 0) is 0 Å². The second-order valence-electron chi connectivity index (χ2n) is 4.94. The van der Waals surface area contributed by atoms with Gasteiger partial charge in [-0.05, 0) is 24.3 Å². The van der Waals surface area contributed by atoms with E-state index in [4.69, 9.17) is 11.6 Å². The highest BCUT2D eigenvalue weighted by Crippen LogP contribution is 2.26. The van der Waals surface area contributed by atoms with Crippen molar-refractivity contribution in [3.8, 4) is 0 Å². The van der Waals surface area contributed by atoms with Crippen LogP contribution in [0.25, 0.3) is 10.9 Å². The summed E-state index contributed by atoms with van der Waals surface area (Å²) in [5.74, 6) is 2.16. The number of para-hydroxylation sites is 1. The Hall–Kier alpha value is -1.26. The maximum absolute atomic E-state index is 12.7. The van der Waals surface area contributed by atoms with Crippen LogP contribution in [-0.4, -0.2) is 40.4 Å². The Bertz CT molecular complexity index is 655. The Morgan fingerprint density at radius 1 is 1.45 bits per heavy atom. The largest absolute Gasteiger partial charge is 0.338 e. The number of nitrogens with zero attached hydrogens (tertiary/aromatic N) is 2. The Labute approximate surface area is 127 Å². The van der Waals surface area contributed by atoms with Crippen LogP contribution >= 0.6 is 23.4 Å². The SMILES string of the molecule is CN(C(=O)c1cc(Cl)nc2ccccc12)C1CCSC1. The molecule has 1 aromatic heterocycles. The molecule has 104 valence electrons. The van der Waals surface area contributed by atoms with Gasteiger partial charge in [-0.2, -0.15) is 11.8 Å². The first-order valence-electron chi connectivity index (χ1n) is 6.57. The number of carbonyl (C=O) groups excluding carboxylic acids is 1. The number of amides is 1. The number of carbonyl (C=O) groups is 1. The summed E-state index contributed by atoms with van der Waals surface area (Å²) < 4.78 is 0. The van der Waals surface area contributed by atoms with Crippen molar-refractivity contribution in [2.45, 2.75) is 12.5 Å². The highest BCUT2D eigenvalue weighted by atomic mass is 35.5. The van der Waals surface area contributed by atoms with Crippen molar-refractivity contribution in [2.75, 3.05) is 18.6 Å². The molecular weight excluding hydrogens is 292 g/mol. The van der Waals surface area contributed by atoms with Crippen LogP contribution in [0.4, 0.5) is 0 Å². The molecule has 0 radical (unpaired) electrons. The zero-order valence-corrected chi connectivity index (χ0v) is 12.7. The van der Waals surface area contributed by atoms with E-state index in [1.54, 1.807) is 6.07 Å². The van der Waals surface area contributed by atoms with E-state index >= 15 is 0 Å². The summed E-state index contributed by atoms with van der Waals surface area (Å²) in [6.07, 6.45) is 1.06. The van der Waals surface area contributed by atoms with Gasteiger partial charge in [0.1, 0.15) is 5.15 Å². The number of benzene rings is 1. The van der Waals surface area contributed by atoms with Gasteiger partial charge in [0.05, 0.1) is 11.1 Å². The fourth-order valence-electron chi connectivity index (χ4n) is 2.50. The summed E-state index contributed by atoms with van der Waals surface area (Å²) in [5.41, 5.74) is 1.40. The van der Waals surface area contributed by atoms with E-state index in [9.17, 15) is 4.79 Å². The lowest BCUT2D eigenvalue weighted by Gasteiger charge is -2.24. The van der Waals surface area contributed by atoms with Crippen LogP contribution in [0.1, 0.15) is 16.8 Å². The zero-order chi connectivity index (χ0) is 14.1. The molecule has 5 heteroatoms. The van der Waals surface area contributed by atoms with Crippen molar-refractivity contribution >= 4 is 40.2 Å². The smallest absolute Gasteiger partial charge is 0.254 e. The third-order valence-corrected chi connectivity index (χ3v) is 5.03. The van der Waals surface area contributed by atoms with Gasteiger partial charge in [-0.15, -0.1) is 0 Å². The van der Waals surface area contributed by atoms with Crippen molar-refractivity contribution in [1.29, 1.82) is 0 Å². The van der Waals surface area contributed by atoms with E-state index in [1.807, 2.05) is 48.0 Å². The Kier molecular flexibility index (Phi) is 3.85. The number of fused-ring (bicyclic) bond motifs is 1. The van der Waals surface area contributed by atoms with Gasteiger partial charge in [0.2, 0.25) is 0 Å². The van der Waals surface area contributed by atoms with Gasteiger partial charge in [-0.25, -0.2) is 4.98 Å². The number of hydrogen-bond acceptors (Lipinski definition) is 3. The lowest BCUT2D eigenvalue weighted by atomic mass is 10.1. The minimum absolute atomic E-state index is 0.0259. The predicted octanol–water partition coefficient (Wildman–Crippen LogP) is 3.47. The number of halogens is 1. The number of aromatic nitrogens is 1. The zero-order valence-electron chi connectivity index (χ0n) is 11.2. The van der Waals surface area contributed by atoms with Gasteiger partial charge in [0.25, 0.3) is 5.91 Å². The molecule has 2 heterocycles. The second kappa shape index (κ2) is 5.62. The molecule has 3 nitrogen and oxygen atoms in total. The maximum atomic E-state index is 12.7. The number of rotatable bonds is 2. The van der Waals surface area contributed by atoms with Gasteiger partial charge in [-0.1, -0.05) is 29.8 Å². The summed E-state index contributed by atoms with van der Waals surface area (Å²) in [4.78, 5) is 18.8. The summed E-state index contributed by atoms with van der Waals surface area (Å²) in [6, 6.07) is 9.60. The van der Waals surface area contributed by atoms with Crippen LogP contribution in [0.5, 0.6) is 0 Å². The standard InChI is InChI=1S/C15H15ClN2OS/c1-18(10-6-7-20-9-10)15(19)12-8-14(16)17-13-5-3-2-4-11(12)13/h2-5,8,10H,6-7,9H2,1H3. The van der Waals surface area contributed by atoms with Crippen molar-refractivity contribution in [3.63, 3.8) is 0 Å². The molecule has 3 rings (SSSR count). The van der Waals surface area contributed by atoms with Crippen molar-refractivity contribution in [3.05, 3.63) is 41.0 Å². The summed E-state index contributed by atoms with van der Waals surface area (Å²) >= 11 is 7.94. The lowest BCUT2D eigenvalue weighted by molar-refractivity contribution is 0.0750. The molecule has 1 aliphatic rings. The molecule has 20 heavy (non-hydrogen) atoms. The van der Waals surface area contributed by atoms with Gasteiger partial charge in [0, 0.05) is 24.2 Å². The number of pyridine rings is 1. The molecule has 1 saturated heterocycles. The van der Waals surface area contributed by atoms with E-state index in [0.29, 0.717) is 16.8 Å². The minimum Gasteiger partial charge on any atom is -0.338 e. The van der Waals surface area contributed by atoms with Crippen molar-refractivity contribution in [2.24, 2.45) is 0 Å².